The largest absolute Gasteiger partial charge is 0.481 e. The molecular formula is C10H14N4O3S. The Balaban J connectivity index is 1.86. The fraction of sp³-hybridized carbons (Fsp3) is 0.600. The monoisotopic (exact) mass is 270 g/mol. The molecule has 8 heteroatoms. The van der Waals surface area contributed by atoms with E-state index in [-0.39, 0.29) is 11.9 Å². The van der Waals surface area contributed by atoms with E-state index in [4.69, 9.17) is 5.11 Å². The van der Waals surface area contributed by atoms with Crippen LogP contribution in [0.2, 0.25) is 0 Å². The molecule has 7 nitrogen and oxygen atoms in total. The Kier molecular flexibility index (Phi) is 3.75. The molecule has 1 aliphatic heterocycles. The van der Waals surface area contributed by atoms with Crippen molar-refractivity contribution in [2.45, 2.75) is 19.8 Å². The van der Waals surface area contributed by atoms with Crippen LogP contribution < -0.4 is 5.32 Å². The number of likely N-dealkylation sites (tertiary alicyclic amines) is 1. The fourth-order valence-electron chi connectivity index (χ4n) is 1.85. The number of aromatic nitrogens is 2. The minimum atomic E-state index is -0.783. The molecule has 0 spiro atoms. The standard InChI is InChI=1S/C10H14N4O3S/c1-6-12-13-9(18-6)11-10(17)14-4-2-7(3-5-14)8(15)16/h7H,2-5H2,1H3,(H,15,16)(H,11,13,17). The van der Waals surface area contributed by atoms with Crippen LogP contribution in [0, 0.1) is 12.8 Å². The molecule has 0 unspecified atom stereocenters. The molecule has 0 radical (unpaired) electrons. The first-order chi connectivity index (χ1) is 8.56. The van der Waals surface area contributed by atoms with E-state index in [1.165, 1.54) is 11.3 Å². The van der Waals surface area contributed by atoms with Crippen LogP contribution in [0.1, 0.15) is 17.8 Å². The van der Waals surface area contributed by atoms with Crippen LogP contribution in [0.4, 0.5) is 9.93 Å². The second-order valence-electron chi connectivity index (χ2n) is 4.16. The zero-order valence-electron chi connectivity index (χ0n) is 9.92. The number of nitrogens with zero attached hydrogens (tertiary/aromatic N) is 3. The van der Waals surface area contributed by atoms with Crippen LogP contribution in [-0.2, 0) is 4.79 Å². The first kappa shape index (κ1) is 12.7. The highest BCUT2D eigenvalue weighted by Gasteiger charge is 2.27. The molecule has 1 aromatic rings. The highest BCUT2D eigenvalue weighted by molar-refractivity contribution is 7.15. The number of anilines is 1. The predicted octanol–water partition coefficient (Wildman–Crippen LogP) is 1.18. The van der Waals surface area contributed by atoms with Gasteiger partial charge in [0.25, 0.3) is 0 Å². The molecule has 0 saturated carbocycles. The van der Waals surface area contributed by atoms with Crippen molar-refractivity contribution in [1.82, 2.24) is 15.1 Å². The van der Waals surface area contributed by atoms with Crippen LogP contribution in [-0.4, -0.2) is 45.3 Å². The molecule has 0 bridgehead atoms. The molecule has 1 fully saturated rings. The lowest BCUT2D eigenvalue weighted by Crippen LogP contribution is -2.42. The van der Waals surface area contributed by atoms with Gasteiger partial charge in [-0.3, -0.25) is 10.1 Å². The Morgan fingerprint density at radius 3 is 2.56 bits per heavy atom. The van der Waals surface area contributed by atoms with Crippen molar-refractivity contribution >= 4 is 28.5 Å². The SMILES string of the molecule is Cc1nnc(NC(=O)N2CCC(C(=O)O)CC2)s1. The molecule has 0 atom stereocenters. The van der Waals surface area contributed by atoms with Crippen LogP contribution in [0.5, 0.6) is 0 Å². The Morgan fingerprint density at radius 2 is 2.06 bits per heavy atom. The van der Waals surface area contributed by atoms with Crippen molar-refractivity contribution in [3.05, 3.63) is 5.01 Å². The number of rotatable bonds is 2. The molecule has 18 heavy (non-hydrogen) atoms. The van der Waals surface area contributed by atoms with E-state index in [9.17, 15) is 9.59 Å². The van der Waals surface area contributed by atoms with Gasteiger partial charge in [0.2, 0.25) is 5.13 Å². The summed E-state index contributed by atoms with van der Waals surface area (Å²) in [5.41, 5.74) is 0. The number of hydrogen-bond donors (Lipinski definition) is 2. The molecule has 0 aromatic carbocycles. The smallest absolute Gasteiger partial charge is 0.323 e. The van der Waals surface area contributed by atoms with Gasteiger partial charge in [0, 0.05) is 13.1 Å². The number of carboxylic acid groups (broad SMARTS) is 1. The molecule has 1 aliphatic rings. The van der Waals surface area contributed by atoms with Gasteiger partial charge in [-0.2, -0.15) is 0 Å². The summed E-state index contributed by atoms with van der Waals surface area (Å²) in [4.78, 5) is 24.3. The topological polar surface area (TPSA) is 95.4 Å². The second kappa shape index (κ2) is 5.30. The number of aliphatic carboxylic acids is 1. The number of carbonyl (C=O) groups is 2. The number of nitrogens with one attached hydrogen (secondary N) is 1. The molecule has 2 heterocycles. The zero-order chi connectivity index (χ0) is 13.1. The summed E-state index contributed by atoms with van der Waals surface area (Å²) in [5.74, 6) is -1.12. The van der Waals surface area contributed by atoms with Crippen molar-refractivity contribution in [2.75, 3.05) is 18.4 Å². The van der Waals surface area contributed by atoms with Crippen molar-refractivity contribution in [3.8, 4) is 0 Å². The summed E-state index contributed by atoms with van der Waals surface area (Å²) in [7, 11) is 0. The first-order valence-electron chi connectivity index (χ1n) is 5.65. The quantitative estimate of drug-likeness (QED) is 0.841. The number of aryl methyl sites for hydroxylation is 1. The number of piperidine rings is 1. The minimum Gasteiger partial charge on any atom is -0.481 e. The molecule has 1 aromatic heterocycles. The van der Waals surface area contributed by atoms with Gasteiger partial charge in [0.1, 0.15) is 5.01 Å². The molecule has 0 aliphatic carbocycles. The van der Waals surface area contributed by atoms with Gasteiger partial charge in [0.05, 0.1) is 5.92 Å². The average Bonchev–Trinajstić information content (AvgIpc) is 2.75. The second-order valence-corrected chi connectivity index (χ2v) is 5.34. The van der Waals surface area contributed by atoms with E-state index in [1.807, 2.05) is 6.92 Å². The van der Waals surface area contributed by atoms with E-state index in [0.29, 0.717) is 31.1 Å². The molecule has 98 valence electrons. The van der Waals surface area contributed by atoms with Gasteiger partial charge < -0.3 is 10.0 Å². The molecule has 1 saturated heterocycles. The van der Waals surface area contributed by atoms with Crippen LogP contribution in [0.15, 0.2) is 0 Å². The third-order valence-corrected chi connectivity index (χ3v) is 3.63. The third kappa shape index (κ3) is 2.95. The lowest BCUT2D eigenvalue weighted by molar-refractivity contribution is -0.143. The molecular weight excluding hydrogens is 256 g/mol. The van der Waals surface area contributed by atoms with Gasteiger partial charge in [-0.25, -0.2) is 4.79 Å². The minimum absolute atomic E-state index is 0.241. The average molecular weight is 270 g/mol. The number of carboxylic acids is 1. The Bertz CT molecular complexity index is 454. The van der Waals surface area contributed by atoms with E-state index in [2.05, 4.69) is 15.5 Å². The van der Waals surface area contributed by atoms with E-state index in [0.717, 1.165) is 5.01 Å². The summed E-state index contributed by atoms with van der Waals surface area (Å²) in [6, 6.07) is -0.241. The van der Waals surface area contributed by atoms with Gasteiger partial charge >= 0.3 is 12.0 Å². The third-order valence-electron chi connectivity index (χ3n) is 2.87. The lowest BCUT2D eigenvalue weighted by Gasteiger charge is -2.29. The lowest BCUT2D eigenvalue weighted by atomic mass is 9.97. The van der Waals surface area contributed by atoms with E-state index >= 15 is 0 Å². The van der Waals surface area contributed by atoms with Crippen LogP contribution in [0.25, 0.3) is 0 Å². The predicted molar refractivity (Wildman–Crippen MR) is 65.6 cm³/mol. The van der Waals surface area contributed by atoms with Gasteiger partial charge in [-0.15, -0.1) is 10.2 Å². The van der Waals surface area contributed by atoms with E-state index < -0.39 is 5.97 Å². The van der Waals surface area contributed by atoms with Gasteiger partial charge in [0.15, 0.2) is 0 Å². The number of amides is 2. The Labute approximate surface area is 108 Å². The van der Waals surface area contributed by atoms with Crippen molar-refractivity contribution in [1.29, 1.82) is 0 Å². The normalized spacial score (nSPS) is 16.6. The Morgan fingerprint density at radius 1 is 1.39 bits per heavy atom. The highest BCUT2D eigenvalue weighted by atomic mass is 32.1. The van der Waals surface area contributed by atoms with Crippen molar-refractivity contribution in [2.24, 2.45) is 5.92 Å². The van der Waals surface area contributed by atoms with Crippen molar-refractivity contribution < 1.29 is 14.7 Å². The first-order valence-corrected chi connectivity index (χ1v) is 6.47. The molecule has 2 amide bonds. The summed E-state index contributed by atoms with van der Waals surface area (Å²) in [6.07, 6.45) is 0.996. The summed E-state index contributed by atoms with van der Waals surface area (Å²) in [5, 5.41) is 20.4. The fourth-order valence-corrected chi connectivity index (χ4v) is 2.43. The number of hydrogen-bond acceptors (Lipinski definition) is 5. The van der Waals surface area contributed by atoms with Gasteiger partial charge in [-0.1, -0.05) is 11.3 Å². The molecule has 2 rings (SSSR count). The van der Waals surface area contributed by atoms with Gasteiger partial charge in [-0.05, 0) is 19.8 Å². The van der Waals surface area contributed by atoms with E-state index in [1.54, 1.807) is 4.90 Å². The van der Waals surface area contributed by atoms with Crippen LogP contribution in [0.3, 0.4) is 0 Å². The summed E-state index contributed by atoms with van der Waals surface area (Å²) < 4.78 is 0. The zero-order valence-corrected chi connectivity index (χ0v) is 10.7. The summed E-state index contributed by atoms with van der Waals surface area (Å²) >= 11 is 1.31. The van der Waals surface area contributed by atoms with Crippen LogP contribution >= 0.6 is 11.3 Å². The number of carbonyl (C=O) groups excluding carboxylic acids is 1. The highest BCUT2D eigenvalue weighted by Crippen LogP contribution is 2.19. The molecule has 2 N–H and O–H groups in total. The maximum atomic E-state index is 11.9. The number of urea groups is 1. The maximum absolute atomic E-state index is 11.9. The van der Waals surface area contributed by atoms with Crippen molar-refractivity contribution in [3.63, 3.8) is 0 Å². The summed E-state index contributed by atoms with van der Waals surface area (Å²) in [6.45, 7) is 2.73. The Hall–Kier alpha value is -1.70. The maximum Gasteiger partial charge on any atom is 0.323 e.